The average Bonchev–Trinajstić information content (AvgIpc) is 2.41. The molecule has 3 N–H and O–H groups in total. The van der Waals surface area contributed by atoms with Crippen molar-refractivity contribution in [3.63, 3.8) is 0 Å². The highest BCUT2D eigenvalue weighted by Gasteiger charge is 2.91. The monoisotopic (exact) mass is 141 g/mol. The van der Waals surface area contributed by atoms with Crippen molar-refractivity contribution in [3.8, 4) is 0 Å². The summed E-state index contributed by atoms with van der Waals surface area (Å²) in [5.41, 5.74) is 3.64. The van der Waals surface area contributed by atoms with Crippen LogP contribution in [0.25, 0.3) is 0 Å². The molecule has 0 bridgehead atoms. The van der Waals surface area contributed by atoms with Crippen LogP contribution < -0.4 is 5.73 Å². The van der Waals surface area contributed by atoms with E-state index in [1.807, 2.05) is 0 Å². The van der Waals surface area contributed by atoms with Gasteiger partial charge in [-0.05, 0) is 12.8 Å². The van der Waals surface area contributed by atoms with E-state index in [9.17, 15) is 9.59 Å². The molecule has 54 valence electrons. The molecule has 2 aliphatic carbocycles. The maximum Gasteiger partial charge on any atom is 0.310 e. The number of carboxylic acids is 1. The van der Waals surface area contributed by atoms with Crippen molar-refractivity contribution >= 4 is 11.9 Å². The van der Waals surface area contributed by atoms with Gasteiger partial charge in [0.05, 0.1) is 10.8 Å². The van der Waals surface area contributed by atoms with Crippen LogP contribution in [0.1, 0.15) is 12.8 Å². The summed E-state index contributed by atoms with van der Waals surface area (Å²) in [6, 6.07) is 0. The number of carbonyl (C=O) groups is 2. The summed E-state index contributed by atoms with van der Waals surface area (Å²) >= 11 is 0. The molecule has 2 rings (SSSR count). The molecule has 0 unspecified atom stereocenters. The van der Waals surface area contributed by atoms with Gasteiger partial charge in [0, 0.05) is 0 Å². The summed E-state index contributed by atoms with van der Waals surface area (Å²) in [5, 5.41) is 8.56. The highest BCUT2D eigenvalue weighted by molar-refractivity contribution is 6.02. The zero-order valence-electron chi connectivity index (χ0n) is 5.26. The highest BCUT2D eigenvalue weighted by atomic mass is 16.4. The third-order valence-electron chi connectivity index (χ3n) is 2.75. The second kappa shape index (κ2) is 1.07. The summed E-state index contributed by atoms with van der Waals surface area (Å²) in [6.45, 7) is 0. The van der Waals surface area contributed by atoms with Gasteiger partial charge in [-0.2, -0.15) is 0 Å². The van der Waals surface area contributed by atoms with Crippen LogP contribution in [0.2, 0.25) is 0 Å². The van der Waals surface area contributed by atoms with Crippen LogP contribution >= 0.6 is 0 Å². The van der Waals surface area contributed by atoms with Crippen molar-refractivity contribution in [2.75, 3.05) is 0 Å². The molecule has 0 aromatic carbocycles. The first-order chi connectivity index (χ1) is 4.55. The minimum absolute atomic E-state index is 0.449. The lowest BCUT2D eigenvalue weighted by atomic mass is 10.2. The van der Waals surface area contributed by atoms with Crippen molar-refractivity contribution in [2.24, 2.45) is 16.6 Å². The Bertz CT molecular complexity index is 215. The van der Waals surface area contributed by atoms with Gasteiger partial charge >= 0.3 is 5.97 Å². The number of carbonyl (C=O) groups excluding carboxylic acids is 1. The van der Waals surface area contributed by atoms with E-state index in [0.717, 1.165) is 0 Å². The number of carboxylic acid groups (broad SMARTS) is 1. The van der Waals surface area contributed by atoms with E-state index in [1.165, 1.54) is 0 Å². The predicted molar refractivity (Wildman–Crippen MR) is 30.9 cm³/mol. The summed E-state index contributed by atoms with van der Waals surface area (Å²) < 4.78 is 0. The number of rotatable bonds is 2. The lowest BCUT2D eigenvalue weighted by molar-refractivity contribution is -0.141. The molecule has 1 amide bonds. The van der Waals surface area contributed by atoms with E-state index < -0.39 is 22.7 Å². The van der Waals surface area contributed by atoms with Gasteiger partial charge in [-0.3, -0.25) is 9.59 Å². The van der Waals surface area contributed by atoms with E-state index in [0.29, 0.717) is 12.8 Å². The van der Waals surface area contributed by atoms with Crippen LogP contribution in [0.5, 0.6) is 0 Å². The van der Waals surface area contributed by atoms with Crippen molar-refractivity contribution in [2.45, 2.75) is 12.8 Å². The van der Waals surface area contributed by atoms with E-state index in [-0.39, 0.29) is 0 Å². The maximum absolute atomic E-state index is 10.6. The van der Waals surface area contributed by atoms with Crippen LogP contribution in [-0.2, 0) is 9.59 Å². The quantitative estimate of drug-likeness (QED) is 0.535. The molecular formula is C6H7NO3. The Balaban J connectivity index is 2.22. The maximum atomic E-state index is 10.6. The fourth-order valence-corrected chi connectivity index (χ4v) is 1.66. The first-order valence-corrected chi connectivity index (χ1v) is 3.08. The van der Waals surface area contributed by atoms with Gasteiger partial charge in [-0.1, -0.05) is 0 Å². The Morgan fingerprint density at radius 1 is 1.30 bits per heavy atom. The first-order valence-electron chi connectivity index (χ1n) is 3.08. The van der Waals surface area contributed by atoms with Gasteiger partial charge in [0.15, 0.2) is 0 Å². The van der Waals surface area contributed by atoms with E-state index in [2.05, 4.69) is 0 Å². The molecule has 0 aliphatic heterocycles. The molecule has 2 saturated carbocycles. The van der Waals surface area contributed by atoms with Crippen molar-refractivity contribution in [1.29, 1.82) is 0 Å². The van der Waals surface area contributed by atoms with Crippen molar-refractivity contribution < 1.29 is 14.7 Å². The summed E-state index contributed by atoms with van der Waals surface area (Å²) in [6.07, 6.45) is 0.926. The molecule has 0 heterocycles. The third-order valence-corrected chi connectivity index (χ3v) is 2.75. The van der Waals surface area contributed by atoms with Crippen LogP contribution in [0, 0.1) is 10.8 Å². The van der Waals surface area contributed by atoms with Crippen LogP contribution in [0.3, 0.4) is 0 Å². The SMILES string of the molecule is NC(=O)C12CC1(C(=O)O)C2. The zero-order valence-corrected chi connectivity index (χ0v) is 5.26. The van der Waals surface area contributed by atoms with Gasteiger partial charge in [-0.25, -0.2) is 0 Å². The highest BCUT2D eigenvalue weighted by Crippen LogP contribution is 2.85. The smallest absolute Gasteiger partial charge is 0.310 e. The molecule has 0 aromatic rings. The fourth-order valence-electron chi connectivity index (χ4n) is 1.66. The molecule has 0 radical (unpaired) electrons. The lowest BCUT2D eigenvalue weighted by Gasteiger charge is -1.90. The Morgan fingerprint density at radius 3 is 1.90 bits per heavy atom. The number of fused-ring (bicyclic) bond motifs is 1. The van der Waals surface area contributed by atoms with Gasteiger partial charge in [-0.15, -0.1) is 0 Å². The number of hydrogen-bond donors (Lipinski definition) is 2. The number of amides is 1. The number of primary amides is 1. The Kier molecular flexibility index (Phi) is 0.608. The topological polar surface area (TPSA) is 80.4 Å². The average molecular weight is 141 g/mol. The number of nitrogens with two attached hydrogens (primary N) is 1. The number of aliphatic carboxylic acids is 1. The van der Waals surface area contributed by atoms with E-state index in [4.69, 9.17) is 10.8 Å². The summed E-state index contributed by atoms with van der Waals surface area (Å²) in [4.78, 5) is 21.0. The molecule has 10 heavy (non-hydrogen) atoms. The minimum Gasteiger partial charge on any atom is -0.481 e. The summed E-state index contributed by atoms with van der Waals surface area (Å²) in [5.74, 6) is -1.32. The molecular weight excluding hydrogens is 134 g/mol. The van der Waals surface area contributed by atoms with Gasteiger partial charge in [0.25, 0.3) is 0 Å². The van der Waals surface area contributed by atoms with E-state index >= 15 is 0 Å². The van der Waals surface area contributed by atoms with Crippen LogP contribution in [0.4, 0.5) is 0 Å². The Hall–Kier alpha value is -1.06. The largest absolute Gasteiger partial charge is 0.481 e. The molecule has 2 aliphatic rings. The molecule has 2 fully saturated rings. The molecule has 4 nitrogen and oxygen atoms in total. The van der Waals surface area contributed by atoms with Gasteiger partial charge in [0.1, 0.15) is 0 Å². The van der Waals surface area contributed by atoms with Crippen LogP contribution in [-0.4, -0.2) is 17.0 Å². The van der Waals surface area contributed by atoms with Crippen molar-refractivity contribution in [3.05, 3.63) is 0 Å². The molecule has 0 spiro atoms. The Labute approximate surface area is 57.0 Å². The van der Waals surface area contributed by atoms with Crippen molar-refractivity contribution in [1.82, 2.24) is 0 Å². The second-order valence-corrected chi connectivity index (χ2v) is 3.19. The van der Waals surface area contributed by atoms with Gasteiger partial charge in [0.2, 0.25) is 5.91 Å². The first kappa shape index (κ1) is 5.70. The Morgan fingerprint density at radius 2 is 1.80 bits per heavy atom. The molecule has 0 aromatic heterocycles. The van der Waals surface area contributed by atoms with E-state index in [1.54, 1.807) is 0 Å². The lowest BCUT2D eigenvalue weighted by Crippen LogP contribution is -2.18. The molecule has 0 atom stereocenters. The van der Waals surface area contributed by atoms with Crippen LogP contribution in [0.15, 0.2) is 0 Å². The zero-order chi connectivity index (χ0) is 7.57. The molecule has 0 saturated heterocycles. The third kappa shape index (κ3) is 0.314. The second-order valence-electron chi connectivity index (χ2n) is 3.19. The fraction of sp³-hybridized carbons (Fsp3) is 0.667. The molecule has 4 heteroatoms. The minimum atomic E-state index is -0.869. The van der Waals surface area contributed by atoms with Gasteiger partial charge < -0.3 is 10.8 Å². The normalized spacial score (nSPS) is 47.6. The number of hydrogen-bond acceptors (Lipinski definition) is 2. The predicted octanol–water partition coefficient (Wildman–Crippen LogP) is -0.664. The summed E-state index contributed by atoms with van der Waals surface area (Å²) in [7, 11) is 0. The standard InChI is InChI=1S/C6H7NO3/c7-3(8)5-1-6(5,2-5)4(9)10/h1-2H2,(H2,7,8)(H,9,10).